The smallest absolute Gasteiger partial charge is 0.262 e. The van der Waals surface area contributed by atoms with Crippen molar-refractivity contribution in [1.29, 1.82) is 0 Å². The highest BCUT2D eigenvalue weighted by atomic mass is 35.5. The Hall–Kier alpha value is -1.14. The second kappa shape index (κ2) is 5.93. The lowest BCUT2D eigenvalue weighted by molar-refractivity contribution is 0.600. The lowest BCUT2D eigenvalue weighted by Gasteiger charge is -2.13. The van der Waals surface area contributed by atoms with Crippen molar-refractivity contribution in [2.75, 3.05) is 10.5 Å². The number of nitrogens with one attached hydrogen (secondary N) is 1. The third-order valence-corrected chi connectivity index (χ3v) is 5.29. The summed E-state index contributed by atoms with van der Waals surface area (Å²) >= 11 is 17.5. The molecule has 0 bridgehead atoms. The van der Waals surface area contributed by atoms with E-state index in [2.05, 4.69) is 4.72 Å². The standard InChI is InChI=1S/C13H11Cl3N2O2S/c1-7-12(17)4-8(14)5-13(7)21(19,20)18-9-2-3-10(15)11(16)6-9/h2-6,18H,17H2,1H3. The van der Waals surface area contributed by atoms with E-state index in [1.165, 1.54) is 30.3 Å². The molecule has 3 N–H and O–H groups in total. The molecule has 4 nitrogen and oxygen atoms in total. The third kappa shape index (κ3) is 3.55. The molecule has 2 rings (SSSR count). The minimum absolute atomic E-state index is 0.0126. The van der Waals surface area contributed by atoms with E-state index in [4.69, 9.17) is 40.5 Å². The van der Waals surface area contributed by atoms with Gasteiger partial charge in [-0.1, -0.05) is 34.8 Å². The van der Waals surface area contributed by atoms with Crippen LogP contribution in [0.15, 0.2) is 35.2 Å². The van der Waals surface area contributed by atoms with Crippen LogP contribution in [-0.2, 0) is 10.0 Å². The Morgan fingerprint density at radius 2 is 1.71 bits per heavy atom. The van der Waals surface area contributed by atoms with E-state index in [1.807, 2.05) is 0 Å². The van der Waals surface area contributed by atoms with E-state index in [1.54, 1.807) is 6.92 Å². The van der Waals surface area contributed by atoms with Crippen molar-refractivity contribution in [1.82, 2.24) is 0 Å². The average molecular weight is 366 g/mol. The lowest BCUT2D eigenvalue weighted by atomic mass is 10.2. The van der Waals surface area contributed by atoms with E-state index in [0.717, 1.165) is 0 Å². The van der Waals surface area contributed by atoms with E-state index >= 15 is 0 Å². The van der Waals surface area contributed by atoms with Crippen molar-refractivity contribution in [3.8, 4) is 0 Å². The Balaban J connectivity index is 2.45. The van der Waals surface area contributed by atoms with Crippen molar-refractivity contribution in [3.63, 3.8) is 0 Å². The van der Waals surface area contributed by atoms with Gasteiger partial charge in [0.15, 0.2) is 0 Å². The van der Waals surface area contributed by atoms with E-state index < -0.39 is 10.0 Å². The molecule has 0 radical (unpaired) electrons. The van der Waals surface area contributed by atoms with Gasteiger partial charge in [0, 0.05) is 10.7 Å². The number of halogens is 3. The fourth-order valence-electron chi connectivity index (χ4n) is 1.72. The van der Waals surface area contributed by atoms with Gasteiger partial charge in [-0.05, 0) is 42.8 Å². The first-order chi connectivity index (χ1) is 9.70. The molecule has 0 saturated heterocycles. The first-order valence-electron chi connectivity index (χ1n) is 5.74. The minimum atomic E-state index is -3.83. The normalized spacial score (nSPS) is 11.4. The quantitative estimate of drug-likeness (QED) is 0.795. The Labute approximate surface area is 137 Å². The highest BCUT2D eigenvalue weighted by Gasteiger charge is 2.19. The lowest BCUT2D eigenvalue weighted by Crippen LogP contribution is -2.15. The van der Waals surface area contributed by atoms with Crippen molar-refractivity contribution in [3.05, 3.63) is 51.0 Å². The fourth-order valence-corrected chi connectivity index (χ4v) is 3.66. The second-order valence-corrected chi connectivity index (χ2v) is 7.25. The van der Waals surface area contributed by atoms with E-state index in [0.29, 0.717) is 22.0 Å². The number of nitrogens with two attached hydrogens (primary N) is 1. The maximum atomic E-state index is 12.4. The average Bonchev–Trinajstić information content (AvgIpc) is 2.37. The van der Waals surface area contributed by atoms with Gasteiger partial charge in [-0.3, -0.25) is 4.72 Å². The molecule has 0 aliphatic heterocycles. The molecule has 2 aromatic carbocycles. The van der Waals surface area contributed by atoms with Crippen LogP contribution in [0.25, 0.3) is 0 Å². The fraction of sp³-hybridized carbons (Fsp3) is 0.0769. The molecule has 0 amide bonds. The Morgan fingerprint density at radius 1 is 1.05 bits per heavy atom. The maximum absolute atomic E-state index is 12.4. The summed E-state index contributed by atoms with van der Waals surface area (Å²) in [4.78, 5) is 0.0126. The van der Waals surface area contributed by atoms with Crippen LogP contribution in [0.3, 0.4) is 0 Å². The molecule has 0 saturated carbocycles. The van der Waals surface area contributed by atoms with Crippen molar-refractivity contribution >= 4 is 56.2 Å². The molecule has 0 aliphatic rings. The number of sulfonamides is 1. The van der Waals surface area contributed by atoms with Crippen LogP contribution >= 0.6 is 34.8 Å². The van der Waals surface area contributed by atoms with Crippen LogP contribution in [0, 0.1) is 6.92 Å². The first kappa shape index (κ1) is 16.2. The summed E-state index contributed by atoms with van der Waals surface area (Å²) in [5.74, 6) is 0. The zero-order chi connectivity index (χ0) is 15.8. The van der Waals surface area contributed by atoms with Crippen LogP contribution < -0.4 is 10.5 Å². The molecular weight excluding hydrogens is 355 g/mol. The molecule has 0 heterocycles. The summed E-state index contributed by atoms with van der Waals surface area (Å²) in [6.07, 6.45) is 0. The molecule has 0 atom stereocenters. The number of nitrogen functional groups attached to an aromatic ring is 1. The molecule has 2 aromatic rings. The molecular formula is C13H11Cl3N2O2S. The summed E-state index contributed by atoms with van der Waals surface area (Å²) in [6, 6.07) is 7.27. The zero-order valence-electron chi connectivity index (χ0n) is 10.8. The van der Waals surface area contributed by atoms with Gasteiger partial charge < -0.3 is 5.73 Å². The Bertz CT molecular complexity index is 807. The Kier molecular flexibility index (Phi) is 4.58. The molecule has 0 fully saturated rings. The summed E-state index contributed by atoms with van der Waals surface area (Å²) in [7, 11) is -3.83. The summed E-state index contributed by atoms with van der Waals surface area (Å²) < 4.78 is 27.3. The molecule has 0 unspecified atom stereocenters. The molecule has 0 aromatic heterocycles. The number of rotatable bonds is 3. The van der Waals surface area contributed by atoms with Crippen LogP contribution in [0.2, 0.25) is 15.1 Å². The van der Waals surface area contributed by atoms with Crippen LogP contribution in [0.4, 0.5) is 11.4 Å². The SMILES string of the molecule is Cc1c(N)cc(Cl)cc1S(=O)(=O)Nc1ccc(Cl)c(Cl)c1. The molecule has 0 spiro atoms. The van der Waals surface area contributed by atoms with Gasteiger partial charge in [-0.15, -0.1) is 0 Å². The van der Waals surface area contributed by atoms with E-state index in [-0.39, 0.29) is 14.9 Å². The maximum Gasteiger partial charge on any atom is 0.262 e. The highest BCUT2D eigenvalue weighted by Crippen LogP contribution is 2.29. The molecule has 112 valence electrons. The van der Waals surface area contributed by atoms with Crippen LogP contribution in [-0.4, -0.2) is 8.42 Å². The number of benzene rings is 2. The molecule has 0 aliphatic carbocycles. The first-order valence-corrected chi connectivity index (χ1v) is 8.36. The van der Waals surface area contributed by atoms with Gasteiger partial charge in [-0.25, -0.2) is 8.42 Å². The zero-order valence-corrected chi connectivity index (χ0v) is 13.9. The van der Waals surface area contributed by atoms with Gasteiger partial charge in [0.25, 0.3) is 10.0 Å². The van der Waals surface area contributed by atoms with Gasteiger partial charge >= 0.3 is 0 Å². The second-order valence-electron chi connectivity index (χ2n) is 4.35. The molecule has 21 heavy (non-hydrogen) atoms. The van der Waals surface area contributed by atoms with Gasteiger partial charge in [0.1, 0.15) is 0 Å². The number of hydrogen-bond acceptors (Lipinski definition) is 3. The number of hydrogen-bond donors (Lipinski definition) is 2. The molecule has 8 heteroatoms. The van der Waals surface area contributed by atoms with Gasteiger partial charge in [0.2, 0.25) is 0 Å². The predicted molar refractivity (Wildman–Crippen MR) is 87.9 cm³/mol. The minimum Gasteiger partial charge on any atom is -0.398 e. The topological polar surface area (TPSA) is 72.2 Å². The highest BCUT2D eigenvalue weighted by molar-refractivity contribution is 7.92. The van der Waals surface area contributed by atoms with Gasteiger partial charge in [-0.2, -0.15) is 0 Å². The summed E-state index contributed by atoms with van der Waals surface area (Å²) in [5, 5.41) is 0.828. The van der Waals surface area contributed by atoms with Crippen LogP contribution in [0.5, 0.6) is 0 Å². The predicted octanol–water partition coefficient (Wildman–Crippen LogP) is 4.34. The number of anilines is 2. The largest absolute Gasteiger partial charge is 0.398 e. The van der Waals surface area contributed by atoms with Crippen molar-refractivity contribution < 1.29 is 8.42 Å². The van der Waals surface area contributed by atoms with Crippen molar-refractivity contribution in [2.45, 2.75) is 11.8 Å². The van der Waals surface area contributed by atoms with E-state index in [9.17, 15) is 8.42 Å². The third-order valence-electron chi connectivity index (χ3n) is 2.83. The summed E-state index contributed by atoms with van der Waals surface area (Å²) in [6.45, 7) is 1.61. The van der Waals surface area contributed by atoms with Crippen molar-refractivity contribution in [2.24, 2.45) is 0 Å². The Morgan fingerprint density at radius 3 is 2.33 bits per heavy atom. The monoisotopic (exact) mass is 364 g/mol. The van der Waals surface area contributed by atoms with Crippen LogP contribution in [0.1, 0.15) is 5.56 Å². The van der Waals surface area contributed by atoms with Gasteiger partial charge in [0.05, 0.1) is 20.6 Å². The summed E-state index contributed by atoms with van der Waals surface area (Å²) in [5.41, 5.74) is 6.76.